The van der Waals surface area contributed by atoms with Crippen molar-refractivity contribution in [3.8, 4) is 0 Å². The number of amides is 1. The number of carbonyl (C=O) groups is 1. The number of likely N-dealkylation sites (tertiary alicyclic amines) is 1. The van der Waals surface area contributed by atoms with Crippen molar-refractivity contribution < 1.29 is 4.79 Å². The van der Waals surface area contributed by atoms with E-state index in [9.17, 15) is 14.4 Å². The van der Waals surface area contributed by atoms with Gasteiger partial charge >= 0.3 is 5.69 Å². The third-order valence-electron chi connectivity index (χ3n) is 5.22. The number of hydrogen-bond donors (Lipinski definition) is 2. The van der Waals surface area contributed by atoms with Crippen molar-refractivity contribution >= 4 is 11.6 Å². The minimum atomic E-state index is -0.555. The fourth-order valence-electron chi connectivity index (χ4n) is 3.50. The SMILES string of the molecule is Cc1cn(CC(=O)N2CCC[C@H](Nc3ccc(C(C)C)cc3)C2)c(=O)[nH]c1=O. The zero-order valence-corrected chi connectivity index (χ0v) is 16.7. The Balaban J connectivity index is 1.62. The lowest BCUT2D eigenvalue weighted by molar-refractivity contribution is -0.133. The van der Waals surface area contributed by atoms with Crippen molar-refractivity contribution in [2.45, 2.75) is 52.1 Å². The molecule has 3 rings (SSSR count). The quantitative estimate of drug-likeness (QED) is 0.826. The number of carbonyl (C=O) groups excluding carboxylic acids is 1. The maximum absolute atomic E-state index is 12.7. The van der Waals surface area contributed by atoms with Gasteiger partial charge in [0.25, 0.3) is 5.56 Å². The smallest absolute Gasteiger partial charge is 0.328 e. The Hall–Kier alpha value is -2.83. The van der Waals surface area contributed by atoms with Crippen LogP contribution in [-0.4, -0.2) is 39.5 Å². The summed E-state index contributed by atoms with van der Waals surface area (Å²) in [7, 11) is 0. The molecular weight excluding hydrogens is 356 g/mol. The second-order valence-corrected chi connectivity index (χ2v) is 7.80. The van der Waals surface area contributed by atoms with E-state index in [2.05, 4.69) is 48.4 Å². The summed E-state index contributed by atoms with van der Waals surface area (Å²) < 4.78 is 1.26. The minimum Gasteiger partial charge on any atom is -0.381 e. The van der Waals surface area contributed by atoms with E-state index in [1.54, 1.807) is 11.8 Å². The Kier molecular flexibility index (Phi) is 6.02. The molecule has 1 saturated heterocycles. The molecule has 0 bridgehead atoms. The first-order chi connectivity index (χ1) is 13.3. The number of aromatic amines is 1. The molecule has 7 heteroatoms. The van der Waals surface area contributed by atoms with Gasteiger partial charge in [-0.25, -0.2) is 4.79 Å². The van der Waals surface area contributed by atoms with Crippen LogP contribution in [-0.2, 0) is 11.3 Å². The van der Waals surface area contributed by atoms with Crippen molar-refractivity contribution in [2.75, 3.05) is 18.4 Å². The Morgan fingerprint density at radius 3 is 2.64 bits per heavy atom. The number of nitrogens with zero attached hydrogens (tertiary/aromatic N) is 2. The molecule has 1 amide bonds. The number of rotatable bonds is 5. The molecule has 0 spiro atoms. The van der Waals surface area contributed by atoms with E-state index in [0.29, 0.717) is 24.6 Å². The summed E-state index contributed by atoms with van der Waals surface area (Å²) in [5, 5.41) is 3.51. The van der Waals surface area contributed by atoms with E-state index in [-0.39, 0.29) is 18.5 Å². The topological polar surface area (TPSA) is 87.2 Å². The molecule has 2 heterocycles. The van der Waals surface area contributed by atoms with E-state index < -0.39 is 11.2 Å². The highest BCUT2D eigenvalue weighted by atomic mass is 16.2. The Morgan fingerprint density at radius 1 is 1.25 bits per heavy atom. The van der Waals surface area contributed by atoms with Crippen molar-refractivity contribution in [1.82, 2.24) is 14.5 Å². The zero-order valence-electron chi connectivity index (χ0n) is 16.7. The summed E-state index contributed by atoms with van der Waals surface area (Å²) in [6, 6.07) is 8.60. The van der Waals surface area contributed by atoms with E-state index in [4.69, 9.17) is 0 Å². The van der Waals surface area contributed by atoms with Crippen LogP contribution >= 0.6 is 0 Å². The van der Waals surface area contributed by atoms with Gasteiger partial charge in [-0.3, -0.25) is 19.1 Å². The number of piperidine rings is 1. The third-order valence-corrected chi connectivity index (χ3v) is 5.22. The molecule has 1 fully saturated rings. The van der Waals surface area contributed by atoms with Crippen LogP contribution in [0.3, 0.4) is 0 Å². The van der Waals surface area contributed by atoms with Crippen molar-refractivity contribution in [3.05, 3.63) is 62.4 Å². The van der Waals surface area contributed by atoms with Crippen molar-refractivity contribution in [1.29, 1.82) is 0 Å². The number of aryl methyl sites for hydroxylation is 1. The van der Waals surface area contributed by atoms with Gasteiger partial charge in [-0.1, -0.05) is 26.0 Å². The van der Waals surface area contributed by atoms with Gasteiger partial charge in [-0.15, -0.1) is 0 Å². The molecule has 0 aliphatic carbocycles. The highest BCUT2D eigenvalue weighted by Gasteiger charge is 2.24. The first kappa shape index (κ1) is 19.9. The molecule has 0 unspecified atom stereocenters. The molecule has 0 saturated carbocycles. The number of H-pyrrole nitrogens is 1. The number of benzene rings is 1. The average molecular weight is 384 g/mol. The molecule has 1 aromatic heterocycles. The number of anilines is 1. The average Bonchev–Trinajstić information content (AvgIpc) is 2.66. The summed E-state index contributed by atoms with van der Waals surface area (Å²) in [6.45, 7) is 7.17. The number of hydrogen-bond acceptors (Lipinski definition) is 4. The van der Waals surface area contributed by atoms with Crippen molar-refractivity contribution in [2.24, 2.45) is 0 Å². The molecule has 7 nitrogen and oxygen atoms in total. The van der Waals surface area contributed by atoms with Crippen LogP contribution < -0.4 is 16.6 Å². The van der Waals surface area contributed by atoms with E-state index in [1.807, 2.05) is 0 Å². The van der Waals surface area contributed by atoms with Gasteiger partial charge in [-0.05, 0) is 43.4 Å². The fraction of sp³-hybridized carbons (Fsp3) is 0.476. The Labute approximate surface area is 164 Å². The van der Waals surface area contributed by atoms with E-state index in [0.717, 1.165) is 18.5 Å². The van der Waals surface area contributed by atoms with Gasteiger partial charge in [0.15, 0.2) is 0 Å². The van der Waals surface area contributed by atoms with E-state index in [1.165, 1.54) is 16.3 Å². The third kappa shape index (κ3) is 4.71. The second-order valence-electron chi connectivity index (χ2n) is 7.80. The normalized spacial score (nSPS) is 17.0. The summed E-state index contributed by atoms with van der Waals surface area (Å²) in [5.74, 6) is 0.381. The lowest BCUT2D eigenvalue weighted by Gasteiger charge is -2.34. The minimum absolute atomic E-state index is 0.0632. The lowest BCUT2D eigenvalue weighted by Crippen LogP contribution is -2.47. The van der Waals surface area contributed by atoms with Gasteiger partial charge in [0.05, 0.1) is 0 Å². The van der Waals surface area contributed by atoms with Crippen LogP contribution in [0.4, 0.5) is 5.69 Å². The maximum atomic E-state index is 12.7. The largest absolute Gasteiger partial charge is 0.381 e. The molecule has 1 aromatic carbocycles. The summed E-state index contributed by atoms with van der Waals surface area (Å²) in [5.41, 5.74) is 1.79. The fourth-order valence-corrected chi connectivity index (χ4v) is 3.50. The van der Waals surface area contributed by atoms with Crippen LogP contribution in [0.15, 0.2) is 40.1 Å². The Morgan fingerprint density at radius 2 is 1.96 bits per heavy atom. The van der Waals surface area contributed by atoms with Crippen LogP contribution in [0.25, 0.3) is 0 Å². The monoisotopic (exact) mass is 384 g/mol. The summed E-state index contributed by atoms with van der Waals surface area (Å²) in [6.07, 6.45) is 3.34. The highest BCUT2D eigenvalue weighted by molar-refractivity contribution is 5.76. The first-order valence-corrected chi connectivity index (χ1v) is 9.78. The van der Waals surface area contributed by atoms with Crippen LogP contribution in [0, 0.1) is 6.92 Å². The van der Waals surface area contributed by atoms with Gasteiger partial charge in [-0.2, -0.15) is 0 Å². The molecule has 0 radical (unpaired) electrons. The van der Waals surface area contributed by atoms with Gasteiger partial charge in [0.1, 0.15) is 6.54 Å². The van der Waals surface area contributed by atoms with E-state index >= 15 is 0 Å². The van der Waals surface area contributed by atoms with Crippen LogP contribution in [0.1, 0.15) is 43.7 Å². The van der Waals surface area contributed by atoms with Crippen molar-refractivity contribution in [3.63, 3.8) is 0 Å². The predicted molar refractivity (Wildman–Crippen MR) is 110 cm³/mol. The number of nitrogens with one attached hydrogen (secondary N) is 2. The summed E-state index contributed by atoms with van der Waals surface area (Å²) >= 11 is 0. The Bertz CT molecular complexity index is 943. The highest BCUT2D eigenvalue weighted by Crippen LogP contribution is 2.20. The predicted octanol–water partition coefficient (Wildman–Crippen LogP) is 2.07. The maximum Gasteiger partial charge on any atom is 0.328 e. The molecule has 2 aromatic rings. The van der Waals surface area contributed by atoms with Crippen LogP contribution in [0.5, 0.6) is 0 Å². The van der Waals surface area contributed by atoms with Gasteiger partial charge in [0, 0.05) is 36.6 Å². The molecule has 2 N–H and O–H groups in total. The molecule has 28 heavy (non-hydrogen) atoms. The molecular formula is C21H28N4O3. The van der Waals surface area contributed by atoms with Gasteiger partial charge < -0.3 is 10.2 Å². The molecule has 1 aliphatic heterocycles. The molecule has 1 aliphatic rings. The number of aromatic nitrogens is 2. The first-order valence-electron chi connectivity index (χ1n) is 9.78. The van der Waals surface area contributed by atoms with Gasteiger partial charge in [0.2, 0.25) is 5.91 Å². The summed E-state index contributed by atoms with van der Waals surface area (Å²) in [4.78, 5) is 40.1. The standard InChI is InChI=1S/C21H28N4O3/c1-14(2)16-6-8-17(9-7-16)22-18-5-4-10-24(12-18)19(26)13-25-11-15(3)20(27)23-21(25)28/h6-9,11,14,18,22H,4-5,10,12-13H2,1-3H3,(H,23,27,28)/t18-/m0/s1. The molecule has 150 valence electrons. The van der Waals surface area contributed by atoms with Crippen LogP contribution in [0.2, 0.25) is 0 Å². The molecule has 1 atom stereocenters. The lowest BCUT2D eigenvalue weighted by atomic mass is 10.0. The zero-order chi connectivity index (χ0) is 20.3. The second kappa shape index (κ2) is 8.46.